The summed E-state index contributed by atoms with van der Waals surface area (Å²) in [4.78, 5) is 13.5. The highest BCUT2D eigenvalue weighted by atomic mass is 32.1. The Labute approximate surface area is 116 Å². The van der Waals surface area contributed by atoms with Gasteiger partial charge in [-0.1, -0.05) is 35.5 Å². The molecule has 2 aromatic rings. The lowest BCUT2D eigenvalue weighted by molar-refractivity contribution is -0.117. The van der Waals surface area contributed by atoms with Crippen LogP contribution in [0.25, 0.3) is 11.3 Å². The van der Waals surface area contributed by atoms with Crippen LogP contribution in [-0.2, 0) is 4.79 Å². The van der Waals surface area contributed by atoms with E-state index in [4.69, 9.17) is 4.52 Å². The molecule has 0 radical (unpaired) electrons. The third-order valence-electron chi connectivity index (χ3n) is 3.30. The van der Waals surface area contributed by atoms with Gasteiger partial charge in [0, 0.05) is 24.6 Å². The molecule has 0 aliphatic carbocycles. The third kappa shape index (κ3) is 2.38. The molecule has 19 heavy (non-hydrogen) atoms. The van der Waals surface area contributed by atoms with Crippen molar-refractivity contribution in [2.24, 2.45) is 5.92 Å². The van der Waals surface area contributed by atoms with Gasteiger partial charge < -0.3 is 4.52 Å². The Morgan fingerprint density at radius 2 is 2.16 bits per heavy atom. The van der Waals surface area contributed by atoms with Gasteiger partial charge in [0.1, 0.15) is 5.69 Å². The molecule has 0 bridgehead atoms. The van der Waals surface area contributed by atoms with Crippen molar-refractivity contribution in [3.63, 3.8) is 0 Å². The summed E-state index contributed by atoms with van der Waals surface area (Å²) >= 11 is 4.25. The third-order valence-corrected chi connectivity index (χ3v) is 3.81. The number of amides is 1. The summed E-state index contributed by atoms with van der Waals surface area (Å²) < 4.78 is 5.30. The first-order chi connectivity index (χ1) is 9.28. The number of anilines is 1. The van der Waals surface area contributed by atoms with E-state index in [1.54, 1.807) is 4.90 Å². The predicted octanol–water partition coefficient (Wildman–Crippen LogP) is 2.62. The molecule has 0 spiro atoms. The van der Waals surface area contributed by atoms with Gasteiger partial charge in [0.05, 0.1) is 0 Å². The summed E-state index contributed by atoms with van der Waals surface area (Å²) in [5.74, 6) is 1.60. The molecule has 1 aliphatic heterocycles. The summed E-state index contributed by atoms with van der Waals surface area (Å²) in [7, 11) is 0. The lowest BCUT2D eigenvalue weighted by Crippen LogP contribution is -2.24. The van der Waals surface area contributed by atoms with Crippen LogP contribution < -0.4 is 4.90 Å². The van der Waals surface area contributed by atoms with E-state index >= 15 is 0 Å². The van der Waals surface area contributed by atoms with Gasteiger partial charge in [0.15, 0.2) is 0 Å². The molecule has 1 aromatic heterocycles. The molecule has 3 rings (SSSR count). The fourth-order valence-electron chi connectivity index (χ4n) is 2.25. The van der Waals surface area contributed by atoms with E-state index in [-0.39, 0.29) is 5.91 Å². The average molecular weight is 274 g/mol. The molecule has 98 valence electrons. The van der Waals surface area contributed by atoms with Gasteiger partial charge >= 0.3 is 0 Å². The number of hydrogen-bond donors (Lipinski definition) is 1. The van der Waals surface area contributed by atoms with E-state index in [2.05, 4.69) is 17.8 Å². The number of hydrogen-bond acceptors (Lipinski definition) is 4. The van der Waals surface area contributed by atoms with E-state index in [1.165, 1.54) is 0 Å². The topological polar surface area (TPSA) is 46.3 Å². The summed E-state index contributed by atoms with van der Waals surface area (Å²) in [6, 6.07) is 11.6. The number of carbonyl (C=O) groups is 1. The molecular weight excluding hydrogens is 260 g/mol. The molecule has 1 aromatic carbocycles. The van der Waals surface area contributed by atoms with Gasteiger partial charge in [0.25, 0.3) is 0 Å². The molecule has 0 N–H and O–H groups in total. The molecule has 1 amide bonds. The van der Waals surface area contributed by atoms with Crippen LogP contribution in [0.4, 0.5) is 5.88 Å². The maximum Gasteiger partial charge on any atom is 0.234 e. The van der Waals surface area contributed by atoms with E-state index in [1.807, 2.05) is 36.4 Å². The van der Waals surface area contributed by atoms with Crippen molar-refractivity contribution in [3.8, 4) is 11.3 Å². The van der Waals surface area contributed by atoms with E-state index in [9.17, 15) is 4.79 Å². The first kappa shape index (κ1) is 12.3. The van der Waals surface area contributed by atoms with Crippen LogP contribution in [0.5, 0.6) is 0 Å². The molecule has 0 saturated carbocycles. The van der Waals surface area contributed by atoms with Crippen molar-refractivity contribution in [1.82, 2.24) is 5.16 Å². The summed E-state index contributed by atoms with van der Waals surface area (Å²) in [5.41, 5.74) is 1.73. The normalized spacial score (nSPS) is 19.1. The van der Waals surface area contributed by atoms with Gasteiger partial charge in [-0.15, -0.1) is 0 Å². The van der Waals surface area contributed by atoms with Crippen molar-refractivity contribution < 1.29 is 9.32 Å². The Morgan fingerprint density at radius 3 is 2.84 bits per heavy atom. The second-order valence-corrected chi connectivity index (χ2v) is 5.04. The minimum Gasteiger partial charge on any atom is -0.338 e. The van der Waals surface area contributed by atoms with Gasteiger partial charge in [-0.3, -0.25) is 9.69 Å². The van der Waals surface area contributed by atoms with Crippen molar-refractivity contribution >= 4 is 24.4 Å². The van der Waals surface area contributed by atoms with Gasteiger partial charge in [0.2, 0.25) is 11.8 Å². The number of benzene rings is 1. The Morgan fingerprint density at radius 1 is 1.37 bits per heavy atom. The van der Waals surface area contributed by atoms with Crippen molar-refractivity contribution in [3.05, 3.63) is 36.4 Å². The highest BCUT2D eigenvalue weighted by Gasteiger charge is 2.32. The van der Waals surface area contributed by atoms with E-state index in [0.29, 0.717) is 30.5 Å². The zero-order valence-electron chi connectivity index (χ0n) is 10.3. The van der Waals surface area contributed by atoms with Crippen LogP contribution in [-0.4, -0.2) is 23.4 Å². The Hall–Kier alpha value is -1.75. The standard InChI is InChI=1S/C14H14N2O2S/c17-13-6-10(9-19)8-16(13)14-7-12(15-18-14)11-4-2-1-3-5-11/h1-5,7,10,19H,6,8-9H2. The molecule has 4 nitrogen and oxygen atoms in total. The molecule has 1 unspecified atom stereocenters. The highest BCUT2D eigenvalue weighted by molar-refractivity contribution is 7.80. The fraction of sp³-hybridized carbons (Fsp3) is 0.286. The molecule has 2 heterocycles. The number of rotatable bonds is 3. The van der Waals surface area contributed by atoms with Crippen LogP contribution in [0.15, 0.2) is 40.9 Å². The Kier molecular flexibility index (Phi) is 3.29. The lowest BCUT2D eigenvalue weighted by atomic mass is 10.1. The molecular formula is C14H14N2O2S. The van der Waals surface area contributed by atoms with Crippen LogP contribution in [0.1, 0.15) is 6.42 Å². The fourth-order valence-corrected chi connectivity index (χ4v) is 2.50. The maximum atomic E-state index is 11.9. The molecule has 1 atom stereocenters. The van der Waals surface area contributed by atoms with E-state index in [0.717, 1.165) is 11.3 Å². The van der Waals surface area contributed by atoms with E-state index < -0.39 is 0 Å². The van der Waals surface area contributed by atoms with Crippen molar-refractivity contribution in [2.75, 3.05) is 17.2 Å². The lowest BCUT2D eigenvalue weighted by Gasteiger charge is -2.10. The SMILES string of the molecule is O=C1CC(CS)CN1c1cc(-c2ccccc2)no1. The Balaban J connectivity index is 1.84. The highest BCUT2D eigenvalue weighted by Crippen LogP contribution is 2.29. The van der Waals surface area contributed by atoms with Gasteiger partial charge in [-0.05, 0) is 11.7 Å². The monoisotopic (exact) mass is 274 g/mol. The molecule has 1 aliphatic rings. The molecule has 1 fully saturated rings. The van der Waals surface area contributed by atoms with Crippen molar-refractivity contribution in [1.29, 1.82) is 0 Å². The van der Waals surface area contributed by atoms with Gasteiger partial charge in [-0.2, -0.15) is 12.6 Å². The average Bonchev–Trinajstić information content (AvgIpc) is 3.06. The number of carbonyl (C=O) groups excluding carboxylic acids is 1. The summed E-state index contributed by atoms with van der Waals surface area (Å²) in [6.45, 7) is 0.658. The summed E-state index contributed by atoms with van der Waals surface area (Å²) in [6.07, 6.45) is 0.533. The minimum absolute atomic E-state index is 0.0785. The quantitative estimate of drug-likeness (QED) is 0.875. The minimum atomic E-state index is 0.0785. The summed E-state index contributed by atoms with van der Waals surface area (Å²) in [5, 5.41) is 4.03. The van der Waals surface area contributed by atoms with Crippen LogP contribution >= 0.6 is 12.6 Å². The smallest absolute Gasteiger partial charge is 0.234 e. The first-order valence-corrected chi connectivity index (χ1v) is 6.84. The van der Waals surface area contributed by atoms with Crippen molar-refractivity contribution in [2.45, 2.75) is 6.42 Å². The molecule has 1 saturated heterocycles. The van der Waals surface area contributed by atoms with Crippen LogP contribution in [0, 0.1) is 5.92 Å². The predicted molar refractivity (Wildman–Crippen MR) is 76.3 cm³/mol. The van der Waals surface area contributed by atoms with Crippen LogP contribution in [0.2, 0.25) is 0 Å². The Bertz CT molecular complexity index is 582. The number of thiol groups is 1. The number of nitrogens with zero attached hydrogens (tertiary/aromatic N) is 2. The van der Waals surface area contributed by atoms with Crippen LogP contribution in [0.3, 0.4) is 0 Å². The van der Waals surface area contributed by atoms with Gasteiger partial charge in [-0.25, -0.2) is 0 Å². The molecule has 5 heteroatoms. The first-order valence-electron chi connectivity index (χ1n) is 6.21. The largest absolute Gasteiger partial charge is 0.338 e. The second kappa shape index (κ2) is 5.09. The number of aromatic nitrogens is 1. The zero-order valence-corrected chi connectivity index (χ0v) is 11.2. The maximum absolute atomic E-state index is 11.9. The zero-order chi connectivity index (χ0) is 13.2. The second-order valence-electron chi connectivity index (χ2n) is 4.67.